The Balaban J connectivity index is 1.24. The first-order valence-electron chi connectivity index (χ1n) is 10.9. The monoisotopic (exact) mass is 380 g/mol. The third-order valence-electron chi connectivity index (χ3n) is 6.23. The summed E-state index contributed by atoms with van der Waals surface area (Å²) in [5, 5.41) is 5.35. The molecular formula is C24H32N2O2. The summed E-state index contributed by atoms with van der Waals surface area (Å²) >= 11 is 0. The predicted octanol–water partition coefficient (Wildman–Crippen LogP) is 4.84. The first-order chi connectivity index (χ1) is 13.8. The number of nitrogens with zero attached hydrogens (tertiary/aromatic N) is 1. The molecule has 1 saturated heterocycles. The topological polar surface area (TPSA) is 45.5 Å². The van der Waals surface area contributed by atoms with E-state index in [1.165, 1.54) is 38.5 Å². The van der Waals surface area contributed by atoms with Gasteiger partial charge in [-0.2, -0.15) is 0 Å². The SMILES string of the molecule is O=C(Cc1cccc2cocc12)NC1CCN(C/C2=C/CCCCCC2)CC1. The van der Waals surface area contributed by atoms with Crippen molar-refractivity contribution in [3.05, 3.63) is 47.9 Å². The molecule has 4 rings (SSSR count). The van der Waals surface area contributed by atoms with Gasteiger partial charge in [0.15, 0.2) is 0 Å². The Morgan fingerprint density at radius 2 is 1.96 bits per heavy atom. The first-order valence-corrected chi connectivity index (χ1v) is 10.9. The van der Waals surface area contributed by atoms with Gasteiger partial charge in [-0.3, -0.25) is 9.69 Å². The van der Waals surface area contributed by atoms with Gasteiger partial charge in [-0.15, -0.1) is 0 Å². The minimum atomic E-state index is 0.120. The van der Waals surface area contributed by atoms with Crippen molar-refractivity contribution in [3.8, 4) is 0 Å². The van der Waals surface area contributed by atoms with Gasteiger partial charge in [0.1, 0.15) is 0 Å². The van der Waals surface area contributed by atoms with E-state index in [9.17, 15) is 4.79 Å². The Kier molecular flexibility index (Phi) is 6.48. The minimum absolute atomic E-state index is 0.120. The highest BCUT2D eigenvalue weighted by Crippen LogP contribution is 2.22. The van der Waals surface area contributed by atoms with Crippen molar-refractivity contribution < 1.29 is 9.21 Å². The van der Waals surface area contributed by atoms with Gasteiger partial charge in [-0.25, -0.2) is 0 Å². The molecule has 2 aromatic rings. The number of carbonyl (C=O) groups is 1. The Bertz CT molecular complexity index is 815. The molecule has 1 amide bonds. The van der Waals surface area contributed by atoms with Crippen LogP contribution in [0.5, 0.6) is 0 Å². The predicted molar refractivity (Wildman–Crippen MR) is 113 cm³/mol. The van der Waals surface area contributed by atoms with Crippen molar-refractivity contribution >= 4 is 16.7 Å². The molecule has 0 saturated carbocycles. The number of nitrogens with one attached hydrogen (secondary N) is 1. The molecule has 1 aromatic heterocycles. The van der Waals surface area contributed by atoms with Gasteiger partial charge < -0.3 is 9.73 Å². The van der Waals surface area contributed by atoms with Crippen LogP contribution in [0.1, 0.15) is 56.9 Å². The molecule has 1 fully saturated rings. The van der Waals surface area contributed by atoms with Crippen LogP contribution >= 0.6 is 0 Å². The molecule has 2 heterocycles. The van der Waals surface area contributed by atoms with E-state index in [1.54, 1.807) is 18.1 Å². The van der Waals surface area contributed by atoms with Crippen LogP contribution in [0.3, 0.4) is 0 Å². The fraction of sp³-hybridized carbons (Fsp3) is 0.542. The molecule has 4 heteroatoms. The number of benzene rings is 1. The van der Waals surface area contributed by atoms with E-state index in [0.29, 0.717) is 12.5 Å². The Hall–Kier alpha value is -2.07. The number of rotatable bonds is 5. The zero-order valence-electron chi connectivity index (χ0n) is 16.8. The maximum absolute atomic E-state index is 12.6. The van der Waals surface area contributed by atoms with E-state index < -0.39 is 0 Å². The van der Waals surface area contributed by atoms with Crippen LogP contribution < -0.4 is 5.32 Å². The minimum Gasteiger partial charge on any atom is -0.471 e. The molecule has 0 bridgehead atoms. The van der Waals surface area contributed by atoms with E-state index >= 15 is 0 Å². The summed E-state index contributed by atoms with van der Waals surface area (Å²) in [6.07, 6.45) is 16.5. The number of likely N-dealkylation sites (tertiary alicyclic amines) is 1. The molecule has 0 radical (unpaired) electrons. The lowest BCUT2D eigenvalue weighted by atomic mass is 9.98. The first kappa shape index (κ1) is 19.3. The second-order valence-electron chi connectivity index (χ2n) is 8.40. The molecule has 1 aromatic carbocycles. The third kappa shape index (κ3) is 5.05. The molecule has 150 valence electrons. The smallest absolute Gasteiger partial charge is 0.224 e. The highest BCUT2D eigenvalue weighted by molar-refractivity contribution is 5.89. The molecule has 4 nitrogen and oxygen atoms in total. The average molecular weight is 381 g/mol. The van der Waals surface area contributed by atoms with Crippen molar-refractivity contribution in [1.82, 2.24) is 10.2 Å². The Morgan fingerprint density at radius 3 is 2.86 bits per heavy atom. The van der Waals surface area contributed by atoms with E-state index in [1.807, 2.05) is 18.2 Å². The molecule has 28 heavy (non-hydrogen) atoms. The summed E-state index contributed by atoms with van der Waals surface area (Å²) < 4.78 is 5.28. The van der Waals surface area contributed by atoms with E-state index in [2.05, 4.69) is 16.3 Å². The average Bonchev–Trinajstić information content (AvgIpc) is 3.15. The van der Waals surface area contributed by atoms with Crippen LogP contribution in [0.4, 0.5) is 0 Å². The third-order valence-corrected chi connectivity index (χ3v) is 6.23. The highest BCUT2D eigenvalue weighted by atomic mass is 16.3. The summed E-state index contributed by atoms with van der Waals surface area (Å²) in [7, 11) is 0. The maximum Gasteiger partial charge on any atom is 0.224 e. The number of carbonyl (C=O) groups excluding carboxylic acids is 1. The van der Waals surface area contributed by atoms with Crippen LogP contribution in [-0.4, -0.2) is 36.5 Å². The van der Waals surface area contributed by atoms with Crippen molar-refractivity contribution in [2.75, 3.05) is 19.6 Å². The zero-order valence-corrected chi connectivity index (χ0v) is 16.8. The quantitative estimate of drug-likeness (QED) is 0.755. The number of hydrogen-bond donors (Lipinski definition) is 1. The number of allylic oxidation sites excluding steroid dienone is 1. The molecule has 0 spiro atoms. The van der Waals surface area contributed by atoms with Crippen LogP contribution in [0.15, 0.2) is 46.8 Å². The molecule has 1 aliphatic carbocycles. The van der Waals surface area contributed by atoms with E-state index in [0.717, 1.165) is 48.8 Å². The fourth-order valence-electron chi connectivity index (χ4n) is 4.59. The lowest BCUT2D eigenvalue weighted by molar-refractivity contribution is -0.121. The number of fused-ring (bicyclic) bond motifs is 1. The van der Waals surface area contributed by atoms with Gasteiger partial charge in [-0.1, -0.05) is 42.7 Å². The van der Waals surface area contributed by atoms with Crippen molar-refractivity contribution in [3.63, 3.8) is 0 Å². The normalized spacial score (nSPS) is 21.6. The maximum atomic E-state index is 12.6. The van der Waals surface area contributed by atoms with Crippen molar-refractivity contribution in [2.24, 2.45) is 0 Å². The summed E-state index contributed by atoms with van der Waals surface area (Å²) in [5.41, 5.74) is 2.67. The van der Waals surface area contributed by atoms with Crippen LogP contribution in [-0.2, 0) is 11.2 Å². The summed E-state index contributed by atoms with van der Waals surface area (Å²) in [5.74, 6) is 0.120. The highest BCUT2D eigenvalue weighted by Gasteiger charge is 2.21. The van der Waals surface area contributed by atoms with Gasteiger partial charge in [0, 0.05) is 36.4 Å². The zero-order chi connectivity index (χ0) is 19.2. The van der Waals surface area contributed by atoms with Gasteiger partial charge in [0.05, 0.1) is 18.9 Å². The number of furan rings is 1. The van der Waals surface area contributed by atoms with Crippen LogP contribution in [0, 0.1) is 0 Å². The Labute approximate surface area is 168 Å². The number of amides is 1. The van der Waals surface area contributed by atoms with Crippen LogP contribution in [0.25, 0.3) is 10.8 Å². The molecule has 2 aliphatic rings. The second kappa shape index (κ2) is 9.42. The molecular weight excluding hydrogens is 348 g/mol. The van der Waals surface area contributed by atoms with Gasteiger partial charge >= 0.3 is 0 Å². The number of piperidine rings is 1. The number of hydrogen-bond acceptors (Lipinski definition) is 3. The van der Waals surface area contributed by atoms with Crippen molar-refractivity contribution in [2.45, 2.75) is 63.8 Å². The van der Waals surface area contributed by atoms with Gasteiger partial charge in [0.25, 0.3) is 0 Å². The molecule has 0 unspecified atom stereocenters. The molecule has 1 N–H and O–H groups in total. The molecule has 0 atom stereocenters. The Morgan fingerprint density at radius 1 is 1.11 bits per heavy atom. The van der Waals surface area contributed by atoms with Crippen molar-refractivity contribution in [1.29, 1.82) is 0 Å². The lowest BCUT2D eigenvalue weighted by Crippen LogP contribution is -2.45. The second-order valence-corrected chi connectivity index (χ2v) is 8.40. The largest absolute Gasteiger partial charge is 0.471 e. The summed E-state index contributed by atoms with van der Waals surface area (Å²) in [4.78, 5) is 15.1. The standard InChI is InChI=1S/C24H32N2O2/c27-24(15-20-9-6-10-21-17-28-18-23(20)21)25-22-11-13-26(14-12-22)16-19-7-4-2-1-3-5-8-19/h6-7,9-10,17-18,22H,1-5,8,11-16H2,(H,25,27)/b19-7+. The fourth-order valence-corrected chi connectivity index (χ4v) is 4.59. The summed E-state index contributed by atoms with van der Waals surface area (Å²) in [6, 6.07) is 6.33. The summed E-state index contributed by atoms with van der Waals surface area (Å²) in [6.45, 7) is 3.29. The van der Waals surface area contributed by atoms with Crippen LogP contribution in [0.2, 0.25) is 0 Å². The lowest BCUT2D eigenvalue weighted by Gasteiger charge is -2.33. The van der Waals surface area contributed by atoms with E-state index in [-0.39, 0.29) is 5.91 Å². The molecule has 1 aliphatic heterocycles. The van der Waals surface area contributed by atoms with Gasteiger partial charge in [-0.05, 0) is 44.1 Å². The van der Waals surface area contributed by atoms with E-state index in [4.69, 9.17) is 4.42 Å². The van der Waals surface area contributed by atoms with Gasteiger partial charge in [0.2, 0.25) is 5.91 Å².